The third kappa shape index (κ3) is 3.32. The number of hydrogen-bond acceptors (Lipinski definition) is 4. The number of nitrogens with one attached hydrogen (secondary N) is 1. The van der Waals surface area contributed by atoms with E-state index in [0.717, 1.165) is 43.7 Å². The van der Waals surface area contributed by atoms with Gasteiger partial charge in [-0.1, -0.05) is 6.92 Å². The molecule has 0 bridgehead atoms. The van der Waals surface area contributed by atoms with Crippen molar-refractivity contribution in [1.82, 2.24) is 9.97 Å². The lowest BCUT2D eigenvalue weighted by atomic mass is 9.99. The molecule has 2 heterocycles. The molecule has 1 aliphatic heterocycles. The molecule has 0 amide bonds. The molecule has 2 aromatic rings. The number of nitrogens with zero attached hydrogens (tertiary/aromatic N) is 3. The molecule has 0 unspecified atom stereocenters. The summed E-state index contributed by atoms with van der Waals surface area (Å²) in [5.74, 6) is 0.596. The Labute approximate surface area is 128 Å². The average Bonchev–Trinajstić information content (AvgIpc) is 2.51. The SMILES string of the molecule is CC1CCN(c2ccnc(Nc3ccc(F)cc3F)n2)CC1. The van der Waals surface area contributed by atoms with E-state index in [1.165, 1.54) is 12.1 Å². The van der Waals surface area contributed by atoms with E-state index in [1.807, 2.05) is 6.07 Å². The first kappa shape index (κ1) is 14.7. The molecule has 6 heteroatoms. The Hall–Kier alpha value is -2.24. The highest BCUT2D eigenvalue weighted by Gasteiger charge is 2.17. The zero-order chi connectivity index (χ0) is 15.5. The summed E-state index contributed by atoms with van der Waals surface area (Å²) in [7, 11) is 0. The molecular weight excluding hydrogens is 286 g/mol. The Balaban J connectivity index is 1.76. The largest absolute Gasteiger partial charge is 0.356 e. The van der Waals surface area contributed by atoms with E-state index in [1.54, 1.807) is 6.20 Å². The molecule has 1 saturated heterocycles. The van der Waals surface area contributed by atoms with Crippen LogP contribution in [0.5, 0.6) is 0 Å². The first-order valence-corrected chi connectivity index (χ1v) is 7.42. The van der Waals surface area contributed by atoms with Gasteiger partial charge in [0.1, 0.15) is 17.5 Å². The molecule has 4 nitrogen and oxygen atoms in total. The van der Waals surface area contributed by atoms with Crippen LogP contribution in [-0.4, -0.2) is 23.1 Å². The second kappa shape index (κ2) is 6.25. The molecule has 1 aliphatic rings. The number of aromatic nitrogens is 2. The lowest BCUT2D eigenvalue weighted by Gasteiger charge is -2.31. The van der Waals surface area contributed by atoms with E-state index < -0.39 is 11.6 Å². The maximum atomic E-state index is 13.7. The van der Waals surface area contributed by atoms with E-state index in [2.05, 4.69) is 27.1 Å². The second-order valence-corrected chi connectivity index (χ2v) is 5.66. The fourth-order valence-corrected chi connectivity index (χ4v) is 2.53. The second-order valence-electron chi connectivity index (χ2n) is 5.66. The number of rotatable bonds is 3. The summed E-state index contributed by atoms with van der Waals surface area (Å²) >= 11 is 0. The smallest absolute Gasteiger partial charge is 0.229 e. The van der Waals surface area contributed by atoms with Gasteiger partial charge in [-0.2, -0.15) is 4.98 Å². The first-order valence-electron chi connectivity index (χ1n) is 7.42. The van der Waals surface area contributed by atoms with E-state index in [9.17, 15) is 8.78 Å². The van der Waals surface area contributed by atoms with Gasteiger partial charge < -0.3 is 10.2 Å². The maximum absolute atomic E-state index is 13.7. The van der Waals surface area contributed by atoms with Crippen LogP contribution in [-0.2, 0) is 0 Å². The Morgan fingerprint density at radius 3 is 2.68 bits per heavy atom. The number of piperidine rings is 1. The van der Waals surface area contributed by atoms with Gasteiger partial charge in [-0.15, -0.1) is 0 Å². The van der Waals surface area contributed by atoms with Gasteiger partial charge in [-0.25, -0.2) is 13.8 Å². The number of benzene rings is 1. The van der Waals surface area contributed by atoms with Crippen molar-refractivity contribution in [3.05, 3.63) is 42.1 Å². The van der Waals surface area contributed by atoms with Crippen molar-refractivity contribution < 1.29 is 8.78 Å². The van der Waals surface area contributed by atoms with Crippen molar-refractivity contribution in [3.8, 4) is 0 Å². The van der Waals surface area contributed by atoms with Crippen LogP contribution in [0.3, 0.4) is 0 Å². The summed E-state index contributed by atoms with van der Waals surface area (Å²) in [6, 6.07) is 5.21. The fraction of sp³-hybridized carbons (Fsp3) is 0.375. The zero-order valence-electron chi connectivity index (χ0n) is 12.4. The monoisotopic (exact) mass is 304 g/mol. The van der Waals surface area contributed by atoms with Gasteiger partial charge in [0.25, 0.3) is 0 Å². The van der Waals surface area contributed by atoms with Gasteiger partial charge in [-0.3, -0.25) is 0 Å². The zero-order valence-corrected chi connectivity index (χ0v) is 12.4. The minimum Gasteiger partial charge on any atom is -0.356 e. The fourth-order valence-electron chi connectivity index (χ4n) is 2.53. The summed E-state index contributed by atoms with van der Waals surface area (Å²) in [6.07, 6.45) is 3.92. The molecule has 1 aromatic carbocycles. The van der Waals surface area contributed by atoms with Crippen molar-refractivity contribution in [2.75, 3.05) is 23.3 Å². The Morgan fingerprint density at radius 1 is 1.18 bits per heavy atom. The quantitative estimate of drug-likeness (QED) is 0.938. The Kier molecular flexibility index (Phi) is 4.18. The standard InChI is InChI=1S/C16H18F2N4/c1-11-5-8-22(9-6-11)15-4-7-19-16(21-15)20-14-3-2-12(17)10-13(14)18/h2-4,7,10-11H,5-6,8-9H2,1H3,(H,19,20,21). The van der Waals surface area contributed by atoms with E-state index >= 15 is 0 Å². The van der Waals surface area contributed by atoms with Gasteiger partial charge in [-0.05, 0) is 37.0 Å². The van der Waals surface area contributed by atoms with Crippen LogP contribution < -0.4 is 10.2 Å². The van der Waals surface area contributed by atoms with Crippen LogP contribution in [0.25, 0.3) is 0 Å². The maximum Gasteiger partial charge on any atom is 0.229 e. The normalized spacial score (nSPS) is 15.9. The molecular formula is C16H18F2N4. The predicted octanol–water partition coefficient (Wildman–Crippen LogP) is 3.73. The van der Waals surface area contributed by atoms with Crippen molar-refractivity contribution in [2.24, 2.45) is 5.92 Å². The third-order valence-electron chi connectivity index (χ3n) is 3.93. The number of hydrogen-bond donors (Lipinski definition) is 1. The number of anilines is 3. The molecule has 0 radical (unpaired) electrons. The molecule has 0 spiro atoms. The highest BCUT2D eigenvalue weighted by molar-refractivity contribution is 5.55. The lowest BCUT2D eigenvalue weighted by Crippen LogP contribution is -2.33. The van der Waals surface area contributed by atoms with Crippen LogP contribution >= 0.6 is 0 Å². The predicted molar refractivity (Wildman–Crippen MR) is 82.3 cm³/mol. The molecule has 116 valence electrons. The summed E-state index contributed by atoms with van der Waals surface area (Å²) < 4.78 is 26.6. The molecule has 3 rings (SSSR count). The average molecular weight is 304 g/mol. The molecule has 0 atom stereocenters. The van der Waals surface area contributed by atoms with Crippen molar-refractivity contribution >= 4 is 17.5 Å². The molecule has 0 aliphatic carbocycles. The topological polar surface area (TPSA) is 41.1 Å². The molecule has 0 saturated carbocycles. The van der Waals surface area contributed by atoms with Gasteiger partial charge in [0, 0.05) is 25.4 Å². The number of halogens is 2. The summed E-state index contributed by atoms with van der Waals surface area (Å²) in [6.45, 7) is 4.17. The Bertz CT molecular complexity index is 654. The molecule has 1 aromatic heterocycles. The summed E-state index contributed by atoms with van der Waals surface area (Å²) in [4.78, 5) is 10.7. The van der Waals surface area contributed by atoms with Crippen LogP contribution in [0.2, 0.25) is 0 Å². The molecule has 1 fully saturated rings. The molecule has 1 N–H and O–H groups in total. The van der Waals surface area contributed by atoms with Crippen molar-refractivity contribution in [1.29, 1.82) is 0 Å². The first-order chi connectivity index (χ1) is 10.6. The summed E-state index contributed by atoms with van der Waals surface area (Å²) in [5.41, 5.74) is 0.158. The Morgan fingerprint density at radius 2 is 1.95 bits per heavy atom. The van der Waals surface area contributed by atoms with Crippen LogP contribution in [0.4, 0.5) is 26.2 Å². The lowest BCUT2D eigenvalue weighted by molar-refractivity contribution is 0.436. The van der Waals surface area contributed by atoms with Gasteiger partial charge in [0.2, 0.25) is 5.95 Å². The highest BCUT2D eigenvalue weighted by Crippen LogP contribution is 2.23. The van der Waals surface area contributed by atoms with E-state index in [-0.39, 0.29) is 5.69 Å². The van der Waals surface area contributed by atoms with Crippen molar-refractivity contribution in [2.45, 2.75) is 19.8 Å². The highest BCUT2D eigenvalue weighted by atomic mass is 19.1. The van der Waals surface area contributed by atoms with E-state index in [4.69, 9.17) is 0 Å². The molecule has 22 heavy (non-hydrogen) atoms. The van der Waals surface area contributed by atoms with Gasteiger partial charge >= 0.3 is 0 Å². The van der Waals surface area contributed by atoms with E-state index in [0.29, 0.717) is 5.95 Å². The summed E-state index contributed by atoms with van der Waals surface area (Å²) in [5, 5.41) is 2.80. The minimum atomic E-state index is -0.666. The van der Waals surface area contributed by atoms with Crippen LogP contribution in [0.15, 0.2) is 30.5 Å². The minimum absolute atomic E-state index is 0.158. The van der Waals surface area contributed by atoms with Crippen molar-refractivity contribution in [3.63, 3.8) is 0 Å². The van der Waals surface area contributed by atoms with Gasteiger partial charge in [0.15, 0.2) is 0 Å². The van der Waals surface area contributed by atoms with Crippen LogP contribution in [0.1, 0.15) is 19.8 Å². The van der Waals surface area contributed by atoms with Gasteiger partial charge in [0.05, 0.1) is 5.69 Å². The third-order valence-corrected chi connectivity index (χ3v) is 3.93. The van der Waals surface area contributed by atoms with Crippen LogP contribution in [0, 0.1) is 17.6 Å².